The van der Waals surface area contributed by atoms with Gasteiger partial charge in [0.25, 0.3) is 0 Å². The third-order valence-corrected chi connectivity index (χ3v) is 6.34. The third-order valence-electron chi connectivity index (χ3n) is 5.20. The molecule has 0 spiro atoms. The van der Waals surface area contributed by atoms with Gasteiger partial charge in [-0.1, -0.05) is 38.1 Å². The predicted molar refractivity (Wildman–Crippen MR) is 107 cm³/mol. The Balaban J connectivity index is 2.08. The summed E-state index contributed by atoms with van der Waals surface area (Å²) < 4.78 is 5.09. The van der Waals surface area contributed by atoms with Crippen LogP contribution in [-0.2, 0) is 7.05 Å². The van der Waals surface area contributed by atoms with Crippen molar-refractivity contribution < 1.29 is 0 Å². The highest BCUT2D eigenvalue weighted by molar-refractivity contribution is 7.26. The van der Waals surface area contributed by atoms with Gasteiger partial charge in [0.15, 0.2) is 0 Å². The molecule has 0 fully saturated rings. The molecule has 0 N–H and O–H groups in total. The van der Waals surface area contributed by atoms with Gasteiger partial charge in [0.05, 0.1) is 0 Å². The van der Waals surface area contributed by atoms with Crippen molar-refractivity contribution in [2.45, 2.75) is 19.8 Å². The van der Waals surface area contributed by atoms with E-state index in [1.165, 1.54) is 47.5 Å². The van der Waals surface area contributed by atoms with Gasteiger partial charge in [-0.25, -0.2) is 0 Å². The molecule has 0 bridgehead atoms. The smallest absolute Gasteiger partial charge is 0.0496 e. The van der Waals surface area contributed by atoms with E-state index in [4.69, 9.17) is 0 Å². The molecule has 1 nitrogen and oxygen atoms in total. The molecule has 3 aromatic carbocycles. The van der Waals surface area contributed by atoms with Crippen molar-refractivity contribution in [3.8, 4) is 0 Å². The summed E-state index contributed by atoms with van der Waals surface area (Å²) in [5.74, 6) is 0.552. The molecule has 118 valence electrons. The van der Waals surface area contributed by atoms with Gasteiger partial charge in [-0.2, -0.15) is 0 Å². The van der Waals surface area contributed by atoms with Crippen LogP contribution < -0.4 is 0 Å². The van der Waals surface area contributed by atoms with Crippen molar-refractivity contribution in [3.63, 3.8) is 0 Å². The average Bonchev–Trinajstić information content (AvgIpc) is 3.10. The zero-order chi connectivity index (χ0) is 16.4. The minimum Gasteiger partial charge on any atom is -0.344 e. The van der Waals surface area contributed by atoms with Gasteiger partial charge in [-0.3, -0.25) is 0 Å². The molecule has 0 unspecified atom stereocenters. The molecular weight excluding hydrogens is 310 g/mol. The number of para-hydroxylation sites is 1. The highest BCUT2D eigenvalue weighted by Crippen LogP contribution is 2.42. The van der Waals surface area contributed by atoms with Gasteiger partial charge in [0, 0.05) is 49.0 Å². The van der Waals surface area contributed by atoms with Gasteiger partial charge >= 0.3 is 0 Å². The second-order valence-electron chi connectivity index (χ2n) is 6.92. The number of aromatic nitrogens is 1. The Labute approximate surface area is 145 Å². The molecule has 2 aromatic heterocycles. The molecule has 2 heteroatoms. The SMILES string of the molecule is CC(C)c1ccc2sc3ccc4c(c5ccccc5n4C)c3c2c1. The van der Waals surface area contributed by atoms with E-state index in [2.05, 4.69) is 80.1 Å². The van der Waals surface area contributed by atoms with Crippen LogP contribution in [0.5, 0.6) is 0 Å². The number of fused-ring (bicyclic) bond motifs is 7. The summed E-state index contributed by atoms with van der Waals surface area (Å²) in [6.45, 7) is 4.53. The van der Waals surface area contributed by atoms with Crippen LogP contribution >= 0.6 is 11.3 Å². The molecule has 2 heterocycles. The Bertz CT molecular complexity index is 1240. The monoisotopic (exact) mass is 329 g/mol. The maximum Gasteiger partial charge on any atom is 0.0496 e. The van der Waals surface area contributed by atoms with Gasteiger partial charge in [0.1, 0.15) is 0 Å². The first-order valence-corrected chi connectivity index (χ1v) is 9.29. The number of aryl methyl sites for hydroxylation is 1. The standard InChI is InChI=1S/C22H19NS/c1-13(2)14-8-10-19-16(12-14)22-20(24-19)11-9-18-21(22)15-6-4-5-7-17(15)23(18)3/h4-13H,1-3H3. The average molecular weight is 329 g/mol. The van der Waals surface area contributed by atoms with E-state index in [-0.39, 0.29) is 0 Å². The lowest BCUT2D eigenvalue weighted by Crippen LogP contribution is -1.86. The lowest BCUT2D eigenvalue weighted by atomic mass is 9.99. The van der Waals surface area contributed by atoms with Crippen LogP contribution in [0, 0.1) is 0 Å². The minimum atomic E-state index is 0.552. The molecule has 0 radical (unpaired) electrons. The van der Waals surface area contributed by atoms with Crippen LogP contribution in [0.25, 0.3) is 42.0 Å². The summed E-state index contributed by atoms with van der Waals surface area (Å²) in [5, 5.41) is 5.59. The first kappa shape index (κ1) is 14.1. The molecule has 0 saturated heterocycles. The van der Waals surface area contributed by atoms with Gasteiger partial charge in [-0.15, -0.1) is 11.3 Å². The maximum atomic E-state index is 2.40. The van der Waals surface area contributed by atoms with Gasteiger partial charge in [-0.05, 0) is 41.8 Å². The molecule has 0 aliphatic rings. The van der Waals surface area contributed by atoms with Crippen molar-refractivity contribution >= 4 is 53.3 Å². The van der Waals surface area contributed by atoms with Gasteiger partial charge in [0.2, 0.25) is 0 Å². The Morgan fingerprint density at radius 2 is 1.58 bits per heavy atom. The Kier molecular flexibility index (Phi) is 2.84. The molecule has 0 amide bonds. The maximum absolute atomic E-state index is 2.40. The molecule has 0 saturated carbocycles. The van der Waals surface area contributed by atoms with Crippen LogP contribution in [0.15, 0.2) is 54.6 Å². The van der Waals surface area contributed by atoms with Crippen LogP contribution in [0.4, 0.5) is 0 Å². The number of thiophene rings is 1. The van der Waals surface area contributed by atoms with E-state index in [0.29, 0.717) is 5.92 Å². The summed E-state index contributed by atoms with van der Waals surface area (Å²) in [6.07, 6.45) is 0. The topological polar surface area (TPSA) is 4.93 Å². The number of hydrogen-bond donors (Lipinski definition) is 0. The highest BCUT2D eigenvalue weighted by atomic mass is 32.1. The Morgan fingerprint density at radius 1 is 0.792 bits per heavy atom. The number of hydrogen-bond acceptors (Lipinski definition) is 1. The fourth-order valence-electron chi connectivity index (χ4n) is 3.89. The van der Waals surface area contributed by atoms with E-state index < -0.39 is 0 Å². The van der Waals surface area contributed by atoms with Crippen molar-refractivity contribution in [1.29, 1.82) is 0 Å². The zero-order valence-corrected chi connectivity index (χ0v) is 14.9. The fraction of sp³-hybridized carbons (Fsp3) is 0.182. The largest absolute Gasteiger partial charge is 0.344 e. The highest BCUT2D eigenvalue weighted by Gasteiger charge is 2.15. The third kappa shape index (κ3) is 1.75. The lowest BCUT2D eigenvalue weighted by molar-refractivity contribution is 0.869. The molecule has 5 aromatic rings. The number of benzene rings is 3. The van der Waals surface area contributed by atoms with E-state index >= 15 is 0 Å². The molecule has 0 atom stereocenters. The van der Waals surface area contributed by atoms with Crippen LogP contribution in [0.3, 0.4) is 0 Å². The van der Waals surface area contributed by atoms with Crippen molar-refractivity contribution in [2.75, 3.05) is 0 Å². The minimum absolute atomic E-state index is 0.552. The van der Waals surface area contributed by atoms with E-state index in [1.807, 2.05) is 11.3 Å². The predicted octanol–water partition coefficient (Wildman–Crippen LogP) is 6.82. The van der Waals surface area contributed by atoms with Crippen LogP contribution in [-0.4, -0.2) is 4.57 Å². The fourth-order valence-corrected chi connectivity index (χ4v) is 4.99. The normalized spacial score (nSPS) is 12.3. The summed E-state index contributed by atoms with van der Waals surface area (Å²) >= 11 is 1.91. The quantitative estimate of drug-likeness (QED) is 0.318. The van der Waals surface area contributed by atoms with Crippen LogP contribution in [0.2, 0.25) is 0 Å². The molecule has 5 rings (SSSR count). The molecule has 24 heavy (non-hydrogen) atoms. The molecular formula is C22H19NS. The van der Waals surface area contributed by atoms with Crippen molar-refractivity contribution in [3.05, 3.63) is 60.2 Å². The summed E-state index contributed by atoms with van der Waals surface area (Å²) in [6, 6.07) is 20.3. The zero-order valence-electron chi connectivity index (χ0n) is 14.1. The molecule has 0 aliphatic heterocycles. The first-order valence-electron chi connectivity index (χ1n) is 8.47. The second kappa shape index (κ2) is 4.84. The Hall–Kier alpha value is -2.32. The van der Waals surface area contributed by atoms with Crippen LogP contribution in [0.1, 0.15) is 25.3 Å². The van der Waals surface area contributed by atoms with E-state index in [9.17, 15) is 0 Å². The second-order valence-corrected chi connectivity index (χ2v) is 8.01. The number of nitrogens with zero attached hydrogens (tertiary/aromatic N) is 1. The molecule has 0 aliphatic carbocycles. The van der Waals surface area contributed by atoms with Gasteiger partial charge < -0.3 is 4.57 Å². The van der Waals surface area contributed by atoms with E-state index in [1.54, 1.807) is 0 Å². The number of rotatable bonds is 1. The summed E-state index contributed by atoms with van der Waals surface area (Å²) in [7, 11) is 2.17. The Morgan fingerprint density at radius 3 is 2.42 bits per heavy atom. The van der Waals surface area contributed by atoms with Crippen molar-refractivity contribution in [2.24, 2.45) is 7.05 Å². The van der Waals surface area contributed by atoms with Crippen molar-refractivity contribution in [1.82, 2.24) is 4.57 Å². The summed E-state index contributed by atoms with van der Waals surface area (Å²) in [5.41, 5.74) is 4.04. The van der Waals surface area contributed by atoms with E-state index in [0.717, 1.165) is 0 Å². The first-order chi connectivity index (χ1) is 11.6. The summed E-state index contributed by atoms with van der Waals surface area (Å²) in [4.78, 5) is 0. The lowest BCUT2D eigenvalue weighted by Gasteiger charge is -2.05.